The number of pyridine rings is 2. The molecule has 0 saturated heterocycles. The number of nitriles is 1. The average Bonchev–Trinajstić information content (AvgIpc) is 3.36. The second-order valence-electron chi connectivity index (χ2n) is 7.15. The summed E-state index contributed by atoms with van der Waals surface area (Å²) in [6, 6.07) is 7.03. The monoisotopic (exact) mass is 800 g/mol. The average molecular weight is 800 g/mol. The summed E-state index contributed by atoms with van der Waals surface area (Å²) in [6.07, 6.45) is 3.30. The number of aromatic nitrogens is 2. The first-order valence-electron chi connectivity index (χ1n) is 10.3. The molecule has 10 nitrogen and oxygen atoms in total. The van der Waals surface area contributed by atoms with E-state index < -0.39 is 5.97 Å². The molecule has 0 atom stereocenters. The van der Waals surface area contributed by atoms with E-state index in [1.54, 1.807) is 11.6 Å². The van der Waals surface area contributed by atoms with Crippen molar-refractivity contribution in [3.8, 4) is 5.40 Å². The Bertz CT molecular complexity index is 1220. The molecule has 2 aromatic rings. The number of thiocyanates is 1. The molecular weight excluding hydrogens is 775 g/mol. The van der Waals surface area contributed by atoms with Gasteiger partial charge < -0.3 is 56.9 Å². The Morgan fingerprint density at radius 1 is 1.00 bits per heavy atom. The Kier molecular flexibility index (Phi) is 24.4. The van der Waals surface area contributed by atoms with Crippen molar-refractivity contribution in [2.45, 2.75) is 34.6 Å². The second kappa shape index (κ2) is 22.5. The van der Waals surface area contributed by atoms with Crippen LogP contribution in [0.2, 0.25) is 0 Å². The van der Waals surface area contributed by atoms with Gasteiger partial charge in [0.05, 0.1) is 5.56 Å². The number of aryl methyl sites for hydroxylation is 1. The van der Waals surface area contributed by atoms with Gasteiger partial charge in [-0.2, -0.15) is 16.6 Å². The maximum Gasteiger partial charge on any atom is 4.00 e. The Morgan fingerprint density at radius 3 is 1.72 bits per heavy atom. The number of thiocarbonyl (C=S) groups is 1. The zero-order chi connectivity index (χ0) is 27.3. The van der Waals surface area contributed by atoms with Crippen LogP contribution in [0.5, 0.6) is 0 Å². The maximum atomic E-state index is 10.8. The topological polar surface area (TPSA) is 144 Å². The number of carboxylic acids is 1. The summed E-state index contributed by atoms with van der Waals surface area (Å²) in [7, 11) is 0. The molecule has 0 saturated carbocycles. The van der Waals surface area contributed by atoms with Crippen molar-refractivity contribution in [1.29, 1.82) is 5.26 Å². The van der Waals surface area contributed by atoms with Gasteiger partial charge in [-0.05, 0) is 62.0 Å². The molecule has 200 valence electrons. The molecule has 0 spiro atoms. The Hall–Kier alpha value is -1.21. The number of hydrogen-bond donors (Lipinski definition) is 1. The van der Waals surface area contributed by atoms with Gasteiger partial charge in [0.15, 0.2) is 0 Å². The minimum Gasteiger partial charge on any atom is -0.832 e. The third-order valence-corrected chi connectivity index (χ3v) is 4.89. The van der Waals surface area contributed by atoms with Gasteiger partial charge in [-0.25, -0.2) is 20.0 Å². The molecule has 1 N–H and O–H groups in total. The van der Waals surface area contributed by atoms with Crippen molar-refractivity contribution in [3.05, 3.63) is 100.0 Å². The normalized spacial score (nSPS) is 12.4. The fourth-order valence-corrected chi connectivity index (χ4v) is 2.79. The van der Waals surface area contributed by atoms with Gasteiger partial charge in [0.1, 0.15) is 11.6 Å². The molecule has 0 aromatic carbocycles. The number of anilines is 2. The quantitative estimate of drug-likeness (QED) is 0.0994. The predicted molar refractivity (Wildman–Crippen MR) is 146 cm³/mol. The third kappa shape index (κ3) is 13.8. The summed E-state index contributed by atoms with van der Waals surface area (Å²) >= 11 is 7.40. The minimum absolute atomic E-state index is 0. The number of nitrogens with zero attached hydrogens (tertiary/aromatic N) is 8. The zero-order valence-corrected chi connectivity index (χ0v) is 30.9. The molecule has 0 aliphatic carbocycles. The molecule has 2 radical (unpaired) electrons. The molecule has 2 aliphatic heterocycles. The molecule has 2 aliphatic rings. The number of hydrogen-bond acceptors (Lipinski definition) is 8. The SMILES string of the molecule is CC1=C(C)N(c2cc(C(=O)O)ccn2)[CH-][N-]1.CC1=C(C)N(c2cc(C)ccn2)[CH-][N-]1.N#C[S-].[N-]=C=S.[Ru+4].[Y].[Y]. The van der Waals surface area contributed by atoms with E-state index in [1.165, 1.54) is 34.5 Å². The van der Waals surface area contributed by atoms with Crippen LogP contribution in [0.25, 0.3) is 16.0 Å². The number of isothiocyanates is 1. The first-order valence-corrected chi connectivity index (χ1v) is 11.1. The van der Waals surface area contributed by atoms with Gasteiger partial charge in [-0.15, -0.1) is 0 Å². The van der Waals surface area contributed by atoms with E-state index in [-0.39, 0.29) is 90.5 Å². The molecule has 0 unspecified atom stereocenters. The largest absolute Gasteiger partial charge is 4.00 e. The number of allylic oxidation sites excluding steroid dienone is 4. The Labute approximate surface area is 303 Å². The summed E-state index contributed by atoms with van der Waals surface area (Å²) in [5.41, 5.74) is 5.48. The summed E-state index contributed by atoms with van der Waals surface area (Å²) < 4.78 is 0. The number of rotatable bonds is 3. The summed E-state index contributed by atoms with van der Waals surface area (Å²) in [5, 5.41) is 34.2. The van der Waals surface area contributed by atoms with Crippen molar-refractivity contribution in [2.75, 3.05) is 9.80 Å². The van der Waals surface area contributed by atoms with E-state index in [0.717, 1.165) is 28.6 Å². The van der Waals surface area contributed by atoms with Crippen LogP contribution >= 0.6 is 12.2 Å². The van der Waals surface area contributed by atoms with E-state index in [1.807, 2.05) is 57.6 Å². The van der Waals surface area contributed by atoms with Crippen molar-refractivity contribution >= 4 is 47.6 Å². The first kappa shape index (κ1) is 42.3. The van der Waals surface area contributed by atoms with Crippen LogP contribution in [0.1, 0.15) is 43.6 Å². The van der Waals surface area contributed by atoms with Crippen LogP contribution < -0.4 is 9.80 Å². The van der Waals surface area contributed by atoms with Crippen LogP contribution in [-0.4, -0.2) is 26.2 Å². The molecule has 0 bridgehead atoms. The van der Waals surface area contributed by atoms with Gasteiger partial charge >= 0.3 is 25.4 Å². The van der Waals surface area contributed by atoms with E-state index in [0.29, 0.717) is 5.82 Å². The van der Waals surface area contributed by atoms with Crippen molar-refractivity contribution < 1.29 is 94.8 Å². The van der Waals surface area contributed by atoms with Gasteiger partial charge in [-0.3, -0.25) is 0 Å². The van der Waals surface area contributed by atoms with Crippen molar-refractivity contribution in [3.63, 3.8) is 0 Å². The van der Waals surface area contributed by atoms with Crippen molar-refractivity contribution in [2.24, 2.45) is 0 Å². The van der Waals surface area contributed by atoms with E-state index in [9.17, 15) is 4.79 Å². The molecule has 39 heavy (non-hydrogen) atoms. The van der Waals surface area contributed by atoms with Gasteiger partial charge in [0.25, 0.3) is 0 Å². The second-order valence-corrected chi connectivity index (χ2v) is 7.52. The molecule has 0 fully saturated rings. The molecule has 4 heterocycles. The number of carbonyl (C=O) groups is 1. The summed E-state index contributed by atoms with van der Waals surface area (Å²) in [5.74, 6) is 0.541. The summed E-state index contributed by atoms with van der Waals surface area (Å²) in [4.78, 5) is 23.0. The van der Waals surface area contributed by atoms with Crippen LogP contribution in [0, 0.1) is 30.9 Å². The van der Waals surface area contributed by atoms with E-state index in [4.69, 9.17) is 15.8 Å². The van der Waals surface area contributed by atoms with E-state index in [2.05, 4.69) is 52.4 Å². The van der Waals surface area contributed by atoms with Gasteiger partial charge in [0.2, 0.25) is 0 Å². The molecule has 15 heteroatoms. The van der Waals surface area contributed by atoms with Crippen LogP contribution in [0.15, 0.2) is 59.4 Å². The fourth-order valence-electron chi connectivity index (χ4n) is 2.79. The fraction of sp³-hybridized carbons (Fsp3) is 0.208. The predicted octanol–water partition coefficient (Wildman–Crippen LogP) is 5.96. The zero-order valence-electron chi connectivity index (χ0n) is 21.9. The first-order chi connectivity index (χ1) is 17.1. The van der Waals surface area contributed by atoms with Gasteiger partial charge in [-0.1, -0.05) is 31.5 Å². The van der Waals surface area contributed by atoms with E-state index >= 15 is 0 Å². The molecule has 0 amide bonds. The van der Waals surface area contributed by atoms with Crippen molar-refractivity contribution in [1.82, 2.24) is 9.97 Å². The Balaban J connectivity index is -0.000000522. The Morgan fingerprint density at radius 2 is 1.38 bits per heavy atom. The standard InChI is InChI=1S/C11H11N3O2.C11H13N3.CHNS.CNS.Ru.2Y/c1-7-8(2)14(6-13-7)10-5-9(11(15)16)3-4-12-10;1-8-4-5-12-11(6-8)14-7-13-9(2)10(14)3;2*2-1-3;;;/h3-6H,1-2H3,(H,15,16);4-7H,1-3H3;3H;;;;/q2*-2;;-1;+4;;/p-1. The third-order valence-electron chi connectivity index (χ3n) is 4.89. The smallest absolute Gasteiger partial charge is 0.832 e. The maximum absolute atomic E-state index is 10.8. The van der Waals surface area contributed by atoms with Crippen LogP contribution in [-0.2, 0) is 97.5 Å². The number of aromatic carboxylic acids is 1. The molecular formula is C24H24N8O2RuS2Y2-2. The minimum atomic E-state index is -0.960. The number of carboxylic acid groups (broad SMARTS) is 1. The molecule has 2 aromatic heterocycles. The van der Waals surface area contributed by atoms with Crippen LogP contribution in [0.3, 0.4) is 0 Å². The summed E-state index contributed by atoms with van der Waals surface area (Å²) in [6.45, 7) is 13.4. The van der Waals surface area contributed by atoms with Crippen LogP contribution in [0.4, 0.5) is 11.6 Å². The van der Waals surface area contributed by atoms with Gasteiger partial charge in [0, 0.05) is 77.8 Å². The molecule has 4 rings (SSSR count).